The Bertz CT molecular complexity index is 742. The van der Waals surface area contributed by atoms with E-state index in [1.54, 1.807) is 11.0 Å². The van der Waals surface area contributed by atoms with Gasteiger partial charge in [-0.1, -0.05) is 43.2 Å². The number of aliphatic hydroxyl groups is 2. The Morgan fingerprint density at radius 1 is 1.24 bits per heavy atom. The van der Waals surface area contributed by atoms with E-state index in [0.717, 1.165) is 36.8 Å². The third-order valence-corrected chi connectivity index (χ3v) is 6.38. The van der Waals surface area contributed by atoms with Crippen LogP contribution in [0.25, 0.3) is 0 Å². The quantitative estimate of drug-likeness (QED) is 0.582. The van der Waals surface area contributed by atoms with Crippen LogP contribution in [0.4, 0.5) is 0 Å². The lowest BCUT2D eigenvalue weighted by Gasteiger charge is -2.37. The number of benzene rings is 1. The van der Waals surface area contributed by atoms with Crippen LogP contribution in [0.1, 0.15) is 49.7 Å². The molecular formula is C23H32N2O4. The van der Waals surface area contributed by atoms with E-state index in [2.05, 4.69) is 11.9 Å². The molecule has 1 fully saturated rings. The maximum Gasteiger partial charge on any atom is 0.224 e. The van der Waals surface area contributed by atoms with Crippen molar-refractivity contribution in [1.82, 2.24) is 10.2 Å². The normalized spacial score (nSPS) is 21.3. The molecule has 6 heteroatoms. The number of nitrogens with one attached hydrogen (secondary N) is 1. The molecule has 1 saturated carbocycles. The molecule has 0 saturated heterocycles. The number of hydrogen-bond acceptors (Lipinski definition) is 4. The van der Waals surface area contributed by atoms with E-state index in [1.165, 1.54) is 0 Å². The van der Waals surface area contributed by atoms with E-state index < -0.39 is 11.5 Å². The first-order chi connectivity index (χ1) is 14.0. The van der Waals surface area contributed by atoms with E-state index in [-0.39, 0.29) is 37.5 Å². The maximum absolute atomic E-state index is 13.1. The number of nitrogens with zero attached hydrogens (tertiary/aromatic N) is 1. The lowest BCUT2D eigenvalue weighted by Crippen LogP contribution is -2.52. The molecule has 2 atom stereocenters. The van der Waals surface area contributed by atoms with E-state index in [0.29, 0.717) is 19.4 Å². The highest BCUT2D eigenvalue weighted by Crippen LogP contribution is 2.30. The molecule has 0 spiro atoms. The monoisotopic (exact) mass is 400 g/mol. The van der Waals surface area contributed by atoms with Crippen LogP contribution in [0.3, 0.4) is 0 Å². The molecule has 6 nitrogen and oxygen atoms in total. The molecule has 1 aromatic carbocycles. The number of aliphatic hydroxyl groups excluding tert-OH is 2. The lowest BCUT2D eigenvalue weighted by atomic mass is 9.91. The zero-order valence-corrected chi connectivity index (χ0v) is 17.0. The number of allylic oxidation sites excluding steroid dienone is 1. The van der Waals surface area contributed by atoms with Gasteiger partial charge in [0, 0.05) is 13.0 Å². The Kier molecular flexibility index (Phi) is 7.09. The van der Waals surface area contributed by atoms with Crippen LogP contribution in [0.15, 0.2) is 36.9 Å². The first-order valence-electron chi connectivity index (χ1n) is 10.5. The van der Waals surface area contributed by atoms with Crippen molar-refractivity contribution in [1.29, 1.82) is 0 Å². The second-order valence-electron chi connectivity index (χ2n) is 8.39. The summed E-state index contributed by atoms with van der Waals surface area (Å²) in [4.78, 5) is 27.7. The Labute approximate surface area is 172 Å². The third-order valence-electron chi connectivity index (χ3n) is 6.38. The summed E-state index contributed by atoms with van der Waals surface area (Å²) in [6, 6.07) is 7.68. The van der Waals surface area contributed by atoms with Crippen molar-refractivity contribution >= 4 is 11.8 Å². The van der Waals surface area contributed by atoms with Gasteiger partial charge in [-0.25, -0.2) is 0 Å². The van der Waals surface area contributed by atoms with Crippen LogP contribution in [0.2, 0.25) is 0 Å². The summed E-state index contributed by atoms with van der Waals surface area (Å²) in [6.07, 6.45) is 6.23. The highest BCUT2D eigenvalue weighted by molar-refractivity contribution is 5.86. The predicted molar refractivity (Wildman–Crippen MR) is 111 cm³/mol. The smallest absolute Gasteiger partial charge is 0.224 e. The Hall–Kier alpha value is -2.18. The molecule has 1 aromatic rings. The fourth-order valence-corrected chi connectivity index (χ4v) is 4.59. The fraction of sp³-hybridized carbons (Fsp3) is 0.565. The van der Waals surface area contributed by atoms with Crippen molar-refractivity contribution in [2.75, 3.05) is 13.2 Å². The number of fused-ring (bicyclic) bond motifs is 1. The number of carbonyl (C=O) groups excluding carboxylic acids is 2. The average Bonchev–Trinajstić information content (AvgIpc) is 3.21. The highest BCUT2D eigenvalue weighted by Gasteiger charge is 2.37. The predicted octanol–water partition coefficient (Wildman–Crippen LogP) is 1.94. The van der Waals surface area contributed by atoms with Crippen molar-refractivity contribution in [2.45, 2.75) is 63.1 Å². The minimum atomic E-state index is -0.558. The Morgan fingerprint density at radius 2 is 1.93 bits per heavy atom. The minimum absolute atomic E-state index is 0.0675. The summed E-state index contributed by atoms with van der Waals surface area (Å²) in [5.74, 6) is -0.863. The zero-order valence-electron chi connectivity index (χ0n) is 17.0. The molecule has 0 aromatic heterocycles. The summed E-state index contributed by atoms with van der Waals surface area (Å²) < 4.78 is 0. The van der Waals surface area contributed by atoms with Gasteiger partial charge in [0.1, 0.15) is 0 Å². The summed E-state index contributed by atoms with van der Waals surface area (Å²) in [7, 11) is 0. The van der Waals surface area contributed by atoms with E-state index in [9.17, 15) is 19.8 Å². The van der Waals surface area contributed by atoms with Gasteiger partial charge in [0.25, 0.3) is 0 Å². The van der Waals surface area contributed by atoms with Gasteiger partial charge in [0.15, 0.2) is 0 Å². The standard InChI is InChI=1S/C23H32N2O4/c1-2-7-18(22(29)24-23(16-27)10-5-6-11-23)13-21(28)25-14-19-9-4-3-8-17(19)12-20(25)15-26/h2-4,8-9,18,20,26-27H,1,5-7,10-16H2,(H,24,29). The maximum atomic E-state index is 13.1. The molecule has 2 unspecified atom stereocenters. The van der Waals surface area contributed by atoms with Crippen LogP contribution in [-0.2, 0) is 22.6 Å². The molecule has 3 rings (SSSR count). The Balaban J connectivity index is 1.70. The van der Waals surface area contributed by atoms with E-state index in [1.807, 2.05) is 24.3 Å². The topological polar surface area (TPSA) is 89.9 Å². The van der Waals surface area contributed by atoms with E-state index in [4.69, 9.17) is 0 Å². The zero-order chi connectivity index (χ0) is 20.9. The van der Waals surface area contributed by atoms with E-state index >= 15 is 0 Å². The largest absolute Gasteiger partial charge is 0.394 e. The Morgan fingerprint density at radius 3 is 2.55 bits per heavy atom. The molecule has 1 heterocycles. The molecule has 158 valence electrons. The third kappa shape index (κ3) is 4.87. The molecule has 2 amide bonds. The van der Waals surface area contributed by atoms with Gasteiger partial charge in [-0.05, 0) is 36.8 Å². The highest BCUT2D eigenvalue weighted by atomic mass is 16.3. The van der Waals surface area contributed by atoms with Crippen LogP contribution in [-0.4, -0.2) is 51.7 Å². The molecule has 1 aliphatic heterocycles. The van der Waals surface area contributed by atoms with Gasteiger partial charge in [-0.3, -0.25) is 9.59 Å². The summed E-state index contributed by atoms with van der Waals surface area (Å²) in [5.41, 5.74) is 1.68. The van der Waals surface area contributed by atoms with Gasteiger partial charge in [-0.2, -0.15) is 0 Å². The van der Waals surface area contributed by atoms with Gasteiger partial charge in [0.2, 0.25) is 11.8 Å². The SMILES string of the molecule is C=CCC(CC(=O)N1Cc2ccccc2CC1CO)C(=O)NC1(CO)CCCC1. The number of rotatable bonds is 8. The summed E-state index contributed by atoms with van der Waals surface area (Å²) in [6.45, 7) is 4.00. The van der Waals surface area contributed by atoms with Gasteiger partial charge in [-0.15, -0.1) is 6.58 Å². The van der Waals surface area contributed by atoms with Crippen molar-refractivity contribution in [3.63, 3.8) is 0 Å². The van der Waals surface area contributed by atoms with Crippen molar-refractivity contribution in [3.05, 3.63) is 48.0 Å². The summed E-state index contributed by atoms with van der Waals surface area (Å²) >= 11 is 0. The lowest BCUT2D eigenvalue weighted by molar-refractivity contribution is -0.140. The molecule has 0 bridgehead atoms. The van der Waals surface area contributed by atoms with Crippen LogP contribution in [0, 0.1) is 5.92 Å². The molecule has 29 heavy (non-hydrogen) atoms. The van der Waals surface area contributed by atoms with Gasteiger partial charge >= 0.3 is 0 Å². The average molecular weight is 401 g/mol. The van der Waals surface area contributed by atoms with Crippen molar-refractivity contribution in [3.8, 4) is 0 Å². The van der Waals surface area contributed by atoms with Crippen LogP contribution >= 0.6 is 0 Å². The van der Waals surface area contributed by atoms with Crippen LogP contribution < -0.4 is 5.32 Å². The van der Waals surface area contributed by atoms with Crippen molar-refractivity contribution in [2.24, 2.45) is 5.92 Å². The van der Waals surface area contributed by atoms with Gasteiger partial charge in [0.05, 0.1) is 30.7 Å². The molecular weight excluding hydrogens is 368 g/mol. The van der Waals surface area contributed by atoms with Gasteiger partial charge < -0.3 is 20.4 Å². The first-order valence-corrected chi connectivity index (χ1v) is 10.5. The minimum Gasteiger partial charge on any atom is -0.394 e. The first kappa shape index (κ1) is 21.5. The summed E-state index contributed by atoms with van der Waals surface area (Å²) in [5, 5.41) is 22.6. The second-order valence-corrected chi connectivity index (χ2v) is 8.39. The number of carbonyl (C=O) groups is 2. The number of hydrogen-bond donors (Lipinski definition) is 3. The molecule has 3 N–H and O–H groups in total. The fourth-order valence-electron chi connectivity index (χ4n) is 4.59. The molecule has 2 aliphatic rings. The second kappa shape index (κ2) is 9.55. The molecule has 1 aliphatic carbocycles. The van der Waals surface area contributed by atoms with Crippen molar-refractivity contribution < 1.29 is 19.8 Å². The molecule has 0 radical (unpaired) electrons. The number of amides is 2. The van der Waals surface area contributed by atoms with Crippen LogP contribution in [0.5, 0.6) is 0 Å².